The molecule has 8 heteroatoms. The van der Waals surface area contributed by atoms with Crippen LogP contribution in [0.15, 0.2) is 69.6 Å². The lowest BCUT2D eigenvalue weighted by atomic mass is 9.96. The quantitative estimate of drug-likeness (QED) is 0.585. The number of halogens is 2. The van der Waals surface area contributed by atoms with Gasteiger partial charge in [-0.3, -0.25) is 9.36 Å². The van der Waals surface area contributed by atoms with Crippen molar-refractivity contribution in [3.05, 3.63) is 101 Å². The molecule has 0 N–H and O–H groups in total. The molecule has 2 heterocycles. The first-order valence-electron chi connectivity index (χ1n) is 9.01. The number of nitrogens with zero attached hydrogens (tertiary/aromatic N) is 2. The van der Waals surface area contributed by atoms with E-state index in [0.29, 0.717) is 36.8 Å². The van der Waals surface area contributed by atoms with E-state index in [1.54, 1.807) is 49.4 Å². The van der Waals surface area contributed by atoms with Gasteiger partial charge in [0.05, 0.1) is 29.0 Å². The van der Waals surface area contributed by atoms with E-state index in [4.69, 9.17) is 16.3 Å². The number of esters is 1. The molecule has 0 aliphatic carbocycles. The molecule has 1 aliphatic heterocycles. The number of hydrogen-bond acceptors (Lipinski definition) is 5. The maximum atomic E-state index is 13.3. The molecule has 5 nitrogen and oxygen atoms in total. The van der Waals surface area contributed by atoms with Crippen LogP contribution in [0.25, 0.3) is 6.08 Å². The van der Waals surface area contributed by atoms with Gasteiger partial charge in [0.15, 0.2) is 4.80 Å². The molecule has 0 saturated carbocycles. The molecule has 0 amide bonds. The third-order valence-electron chi connectivity index (χ3n) is 4.78. The number of fused-ring (bicyclic) bond motifs is 1. The molecule has 0 bridgehead atoms. The molecule has 1 aromatic heterocycles. The van der Waals surface area contributed by atoms with Crippen LogP contribution in [-0.2, 0) is 9.53 Å². The fourth-order valence-electron chi connectivity index (χ4n) is 3.36. The van der Waals surface area contributed by atoms with Gasteiger partial charge in [-0.25, -0.2) is 14.2 Å². The number of thiazole rings is 1. The number of benzene rings is 2. The van der Waals surface area contributed by atoms with Crippen molar-refractivity contribution in [3.63, 3.8) is 0 Å². The SMILES string of the molecule is COC(=O)C1=C(C)N=c2sc(=Cc3ccc(F)cc3)c(=O)n2C1c1ccc(Cl)cc1. The molecule has 0 spiro atoms. The number of carbonyl (C=O) groups is 1. The Hall–Kier alpha value is -3.03. The Kier molecular flexibility index (Phi) is 5.40. The van der Waals surface area contributed by atoms with Crippen LogP contribution in [0.3, 0.4) is 0 Å². The van der Waals surface area contributed by atoms with Crippen molar-refractivity contribution < 1.29 is 13.9 Å². The Morgan fingerprint density at radius 3 is 2.50 bits per heavy atom. The number of ether oxygens (including phenoxy) is 1. The molecular formula is C22H16ClFN2O3S. The molecule has 0 fully saturated rings. The van der Waals surface area contributed by atoms with Gasteiger partial charge in [-0.1, -0.05) is 47.2 Å². The minimum atomic E-state index is -0.693. The van der Waals surface area contributed by atoms with E-state index < -0.39 is 12.0 Å². The lowest BCUT2D eigenvalue weighted by Crippen LogP contribution is -2.39. The summed E-state index contributed by atoms with van der Waals surface area (Å²) in [5.41, 5.74) is 1.88. The maximum Gasteiger partial charge on any atom is 0.338 e. The zero-order valence-electron chi connectivity index (χ0n) is 16.1. The normalized spacial score (nSPS) is 16.3. The smallest absolute Gasteiger partial charge is 0.338 e. The molecule has 1 unspecified atom stereocenters. The number of carbonyl (C=O) groups excluding carboxylic acids is 1. The van der Waals surface area contributed by atoms with Crippen LogP contribution in [0, 0.1) is 5.82 Å². The van der Waals surface area contributed by atoms with Crippen LogP contribution in [0.4, 0.5) is 4.39 Å². The van der Waals surface area contributed by atoms with Gasteiger partial charge in [-0.15, -0.1) is 0 Å². The van der Waals surface area contributed by atoms with E-state index in [9.17, 15) is 14.0 Å². The van der Waals surface area contributed by atoms with Crippen molar-refractivity contribution in [1.82, 2.24) is 4.57 Å². The fraction of sp³-hybridized carbons (Fsp3) is 0.136. The van der Waals surface area contributed by atoms with Crippen LogP contribution in [0.5, 0.6) is 0 Å². The topological polar surface area (TPSA) is 60.7 Å². The summed E-state index contributed by atoms with van der Waals surface area (Å²) in [5.74, 6) is -0.904. The molecule has 30 heavy (non-hydrogen) atoms. The highest BCUT2D eigenvalue weighted by atomic mass is 35.5. The predicted octanol–water partition coefficient (Wildman–Crippen LogP) is 3.20. The van der Waals surface area contributed by atoms with Crippen molar-refractivity contribution >= 4 is 35.0 Å². The molecule has 3 aromatic rings. The molecule has 0 saturated heterocycles. The molecule has 0 radical (unpaired) electrons. The van der Waals surface area contributed by atoms with E-state index in [1.807, 2.05) is 0 Å². The van der Waals surface area contributed by atoms with E-state index >= 15 is 0 Å². The molecule has 152 valence electrons. The number of allylic oxidation sites excluding steroid dienone is 1. The number of aromatic nitrogens is 1. The second kappa shape index (κ2) is 8.01. The van der Waals surface area contributed by atoms with Crippen molar-refractivity contribution in [2.24, 2.45) is 4.99 Å². The summed E-state index contributed by atoms with van der Waals surface area (Å²) in [6.07, 6.45) is 1.68. The average molecular weight is 443 g/mol. The van der Waals surface area contributed by atoms with E-state index in [0.717, 1.165) is 0 Å². The van der Waals surface area contributed by atoms with Gasteiger partial charge in [0.25, 0.3) is 5.56 Å². The monoisotopic (exact) mass is 442 g/mol. The second-order valence-electron chi connectivity index (χ2n) is 6.68. The summed E-state index contributed by atoms with van der Waals surface area (Å²) in [4.78, 5) is 30.8. The zero-order valence-corrected chi connectivity index (χ0v) is 17.6. The Balaban J connectivity index is 1.96. The van der Waals surface area contributed by atoms with Gasteiger partial charge in [-0.2, -0.15) is 0 Å². The molecular weight excluding hydrogens is 427 g/mol. The summed E-state index contributed by atoms with van der Waals surface area (Å²) in [5, 5.41) is 0.544. The standard InChI is InChI=1S/C22H16ClFN2O3S/c1-12-18(21(28)29-2)19(14-5-7-15(23)8-6-14)26-20(27)17(30-22(26)25-12)11-13-3-9-16(24)10-4-13/h3-11,19H,1-2H3. The van der Waals surface area contributed by atoms with Crippen molar-refractivity contribution in [3.8, 4) is 0 Å². The first-order valence-corrected chi connectivity index (χ1v) is 10.2. The summed E-state index contributed by atoms with van der Waals surface area (Å²) < 4.78 is 20.1. The summed E-state index contributed by atoms with van der Waals surface area (Å²) in [6.45, 7) is 1.71. The summed E-state index contributed by atoms with van der Waals surface area (Å²) >= 11 is 7.23. The molecule has 4 rings (SSSR count). The second-order valence-corrected chi connectivity index (χ2v) is 8.12. The van der Waals surface area contributed by atoms with Crippen molar-refractivity contribution in [2.75, 3.05) is 7.11 Å². The highest BCUT2D eigenvalue weighted by Gasteiger charge is 2.32. The Morgan fingerprint density at radius 1 is 1.20 bits per heavy atom. The van der Waals surface area contributed by atoms with Crippen LogP contribution in [0.2, 0.25) is 5.02 Å². The fourth-order valence-corrected chi connectivity index (χ4v) is 4.54. The highest BCUT2D eigenvalue weighted by molar-refractivity contribution is 7.07. The number of methoxy groups -OCH3 is 1. The van der Waals surface area contributed by atoms with Crippen molar-refractivity contribution in [2.45, 2.75) is 13.0 Å². The van der Waals surface area contributed by atoms with Crippen LogP contribution < -0.4 is 14.9 Å². The average Bonchev–Trinajstić information content (AvgIpc) is 3.03. The first kappa shape index (κ1) is 20.3. The highest BCUT2D eigenvalue weighted by Crippen LogP contribution is 2.31. The lowest BCUT2D eigenvalue weighted by molar-refractivity contribution is -0.136. The Bertz CT molecular complexity index is 1340. The minimum Gasteiger partial charge on any atom is -0.466 e. The zero-order chi connectivity index (χ0) is 21.4. The minimum absolute atomic E-state index is 0.292. The van der Waals surface area contributed by atoms with Gasteiger partial charge in [0.2, 0.25) is 0 Å². The third-order valence-corrected chi connectivity index (χ3v) is 6.02. The number of hydrogen-bond donors (Lipinski definition) is 0. The van der Waals surface area contributed by atoms with E-state index in [2.05, 4.69) is 4.99 Å². The largest absolute Gasteiger partial charge is 0.466 e. The van der Waals surface area contributed by atoms with Crippen LogP contribution >= 0.6 is 22.9 Å². The number of rotatable bonds is 3. The van der Waals surface area contributed by atoms with Gasteiger partial charge in [0.1, 0.15) is 5.82 Å². The van der Waals surface area contributed by atoms with Crippen molar-refractivity contribution in [1.29, 1.82) is 0 Å². The predicted molar refractivity (Wildman–Crippen MR) is 114 cm³/mol. The Morgan fingerprint density at radius 2 is 1.87 bits per heavy atom. The summed E-state index contributed by atoms with van der Waals surface area (Å²) in [6, 6.07) is 12.1. The molecule has 1 aliphatic rings. The van der Waals surface area contributed by atoms with Gasteiger partial charge >= 0.3 is 5.97 Å². The van der Waals surface area contributed by atoms with E-state index in [1.165, 1.54) is 35.1 Å². The maximum absolute atomic E-state index is 13.3. The Labute approximate surface area is 180 Å². The van der Waals surface area contributed by atoms with Gasteiger partial charge in [-0.05, 0) is 48.4 Å². The molecule has 1 atom stereocenters. The van der Waals surface area contributed by atoms with Crippen LogP contribution in [0.1, 0.15) is 24.1 Å². The van der Waals surface area contributed by atoms with Gasteiger partial charge < -0.3 is 4.74 Å². The first-order chi connectivity index (χ1) is 14.4. The summed E-state index contributed by atoms with van der Waals surface area (Å²) in [7, 11) is 1.29. The lowest BCUT2D eigenvalue weighted by Gasteiger charge is -2.24. The third kappa shape index (κ3) is 3.62. The molecule has 2 aromatic carbocycles. The van der Waals surface area contributed by atoms with Gasteiger partial charge in [0, 0.05) is 5.02 Å². The van der Waals surface area contributed by atoms with E-state index in [-0.39, 0.29) is 11.4 Å². The van der Waals surface area contributed by atoms with Crippen LogP contribution in [-0.4, -0.2) is 17.6 Å².